The first-order valence-electron chi connectivity index (χ1n) is 5.80. The van der Waals surface area contributed by atoms with E-state index in [0.717, 1.165) is 6.08 Å². The topological polar surface area (TPSA) is 89.9 Å². The number of methoxy groups -OCH3 is 1. The summed E-state index contributed by atoms with van der Waals surface area (Å²) in [6.07, 6.45) is 0.752. The average molecular weight is 278 g/mol. The van der Waals surface area contributed by atoms with Crippen molar-refractivity contribution in [1.29, 1.82) is 0 Å². The van der Waals surface area contributed by atoms with Crippen molar-refractivity contribution in [2.24, 2.45) is 0 Å². The normalized spacial score (nSPS) is 10.8. The van der Waals surface area contributed by atoms with Gasteiger partial charge in [-0.2, -0.15) is 0 Å². The Bertz CT molecular complexity index is 541. The predicted octanol–water partition coefficient (Wildman–Crippen LogP) is 1.45. The summed E-state index contributed by atoms with van der Waals surface area (Å²) in [4.78, 5) is 34.2. The molecule has 0 aliphatic carbocycles. The zero-order valence-electron chi connectivity index (χ0n) is 11.1. The van der Waals surface area contributed by atoms with Gasteiger partial charge in [0.2, 0.25) is 0 Å². The number of carbonyl (C=O) groups excluding carboxylic acids is 2. The van der Waals surface area contributed by atoms with Gasteiger partial charge in [-0.25, -0.2) is 9.59 Å². The summed E-state index contributed by atoms with van der Waals surface area (Å²) in [5.74, 6) is -2.58. The lowest BCUT2D eigenvalue weighted by Gasteiger charge is -2.03. The number of benzene rings is 1. The van der Waals surface area contributed by atoms with Crippen molar-refractivity contribution in [2.75, 3.05) is 13.7 Å². The number of esters is 1. The summed E-state index contributed by atoms with van der Waals surface area (Å²) < 4.78 is 9.52. The van der Waals surface area contributed by atoms with E-state index < -0.39 is 23.3 Å². The molecule has 0 saturated carbocycles. The number of carbonyl (C=O) groups is 3. The Morgan fingerprint density at radius 2 is 1.80 bits per heavy atom. The fraction of sp³-hybridized carbons (Fsp3) is 0.214. The second-order valence-electron chi connectivity index (χ2n) is 3.68. The van der Waals surface area contributed by atoms with Crippen molar-refractivity contribution >= 4 is 17.7 Å². The monoisotopic (exact) mass is 278 g/mol. The van der Waals surface area contributed by atoms with Gasteiger partial charge in [0.1, 0.15) is 11.3 Å². The number of allylic oxidation sites excluding steroid dienone is 1. The lowest BCUT2D eigenvalue weighted by Crippen LogP contribution is -2.17. The lowest BCUT2D eigenvalue weighted by molar-refractivity contribution is -0.143. The molecule has 0 bridgehead atoms. The minimum absolute atomic E-state index is 0.0280. The van der Waals surface area contributed by atoms with Gasteiger partial charge in [-0.1, -0.05) is 0 Å². The van der Waals surface area contributed by atoms with Crippen LogP contribution in [0.25, 0.3) is 0 Å². The number of rotatable bonds is 6. The number of carboxylic acid groups (broad SMARTS) is 1. The van der Waals surface area contributed by atoms with E-state index in [4.69, 9.17) is 9.84 Å². The van der Waals surface area contributed by atoms with Gasteiger partial charge < -0.3 is 14.6 Å². The maximum Gasteiger partial charge on any atom is 0.345 e. The quantitative estimate of drug-likeness (QED) is 0.278. The third kappa shape index (κ3) is 3.94. The highest BCUT2D eigenvalue weighted by Crippen LogP contribution is 2.13. The summed E-state index contributed by atoms with van der Waals surface area (Å²) in [6, 6.07) is 6.07. The van der Waals surface area contributed by atoms with Crippen molar-refractivity contribution in [3.05, 3.63) is 41.5 Å². The molecule has 0 heterocycles. The SMILES string of the molecule is CCOC(=O)C(=CC(=O)c1ccc(OC)cc1)C(=O)O. The van der Waals surface area contributed by atoms with Crippen molar-refractivity contribution < 1.29 is 29.0 Å². The number of carboxylic acids is 1. The number of hydrogen-bond acceptors (Lipinski definition) is 5. The third-order valence-electron chi connectivity index (χ3n) is 2.38. The molecule has 0 aliphatic rings. The fourth-order valence-electron chi connectivity index (χ4n) is 1.39. The summed E-state index contributed by atoms with van der Waals surface area (Å²) >= 11 is 0. The highest BCUT2D eigenvalue weighted by atomic mass is 16.5. The molecule has 6 nitrogen and oxygen atoms in total. The minimum atomic E-state index is -1.51. The summed E-state index contributed by atoms with van der Waals surface area (Å²) in [7, 11) is 1.49. The van der Waals surface area contributed by atoms with Gasteiger partial charge in [0.15, 0.2) is 5.78 Å². The molecule has 20 heavy (non-hydrogen) atoms. The molecule has 1 rings (SSSR count). The Balaban J connectivity index is 3.00. The van der Waals surface area contributed by atoms with Crippen LogP contribution in [-0.2, 0) is 14.3 Å². The van der Waals surface area contributed by atoms with Crippen LogP contribution in [0, 0.1) is 0 Å². The molecule has 0 amide bonds. The smallest absolute Gasteiger partial charge is 0.345 e. The molecule has 1 aromatic carbocycles. The molecule has 0 fully saturated rings. The molecular weight excluding hydrogens is 264 g/mol. The number of ketones is 1. The van der Waals surface area contributed by atoms with E-state index in [-0.39, 0.29) is 12.2 Å². The molecule has 0 spiro atoms. The molecule has 0 unspecified atom stereocenters. The van der Waals surface area contributed by atoms with E-state index in [0.29, 0.717) is 5.75 Å². The molecule has 6 heteroatoms. The Morgan fingerprint density at radius 1 is 1.20 bits per heavy atom. The van der Waals surface area contributed by atoms with Crippen LogP contribution in [0.5, 0.6) is 5.75 Å². The fourth-order valence-corrected chi connectivity index (χ4v) is 1.39. The van der Waals surface area contributed by atoms with Gasteiger partial charge in [-0.05, 0) is 31.2 Å². The number of aliphatic carboxylic acids is 1. The van der Waals surface area contributed by atoms with E-state index in [1.165, 1.54) is 19.2 Å². The minimum Gasteiger partial charge on any atom is -0.497 e. The van der Waals surface area contributed by atoms with Gasteiger partial charge in [0.25, 0.3) is 0 Å². The van der Waals surface area contributed by atoms with Gasteiger partial charge in [-0.3, -0.25) is 4.79 Å². The van der Waals surface area contributed by atoms with Crippen molar-refractivity contribution in [3.8, 4) is 5.75 Å². The summed E-state index contributed by atoms with van der Waals surface area (Å²) in [6.45, 7) is 1.57. The zero-order chi connectivity index (χ0) is 15.1. The van der Waals surface area contributed by atoms with Gasteiger partial charge in [0.05, 0.1) is 13.7 Å². The van der Waals surface area contributed by atoms with Crippen molar-refractivity contribution in [2.45, 2.75) is 6.92 Å². The maximum atomic E-state index is 11.9. The van der Waals surface area contributed by atoms with E-state index in [2.05, 4.69) is 4.74 Å². The Hall–Kier alpha value is -2.63. The van der Waals surface area contributed by atoms with Crippen molar-refractivity contribution in [3.63, 3.8) is 0 Å². The van der Waals surface area contributed by atoms with Crippen LogP contribution < -0.4 is 4.74 Å². The van der Waals surface area contributed by atoms with Crippen LogP contribution in [0.1, 0.15) is 17.3 Å². The first-order valence-corrected chi connectivity index (χ1v) is 5.80. The Kier molecular flexibility index (Phi) is 5.46. The maximum absolute atomic E-state index is 11.9. The van der Waals surface area contributed by atoms with E-state index in [9.17, 15) is 14.4 Å². The standard InChI is InChI=1S/C14H14O6/c1-3-20-14(18)11(13(16)17)8-12(15)9-4-6-10(19-2)7-5-9/h4-8H,3H2,1-2H3,(H,16,17). The molecule has 0 aliphatic heterocycles. The molecule has 0 saturated heterocycles. The summed E-state index contributed by atoms with van der Waals surface area (Å²) in [5.41, 5.74) is -0.457. The lowest BCUT2D eigenvalue weighted by atomic mass is 10.1. The Labute approximate surface area is 115 Å². The average Bonchev–Trinajstić information content (AvgIpc) is 2.44. The van der Waals surface area contributed by atoms with Crippen LogP contribution in [0.2, 0.25) is 0 Å². The van der Waals surface area contributed by atoms with Crippen LogP contribution in [0.4, 0.5) is 0 Å². The second-order valence-corrected chi connectivity index (χ2v) is 3.68. The van der Waals surface area contributed by atoms with Gasteiger partial charge >= 0.3 is 11.9 Å². The highest BCUT2D eigenvalue weighted by Gasteiger charge is 2.20. The summed E-state index contributed by atoms with van der Waals surface area (Å²) in [5, 5.41) is 8.91. The first-order chi connectivity index (χ1) is 9.49. The molecular formula is C14H14O6. The van der Waals surface area contributed by atoms with Crippen LogP contribution in [0.15, 0.2) is 35.9 Å². The largest absolute Gasteiger partial charge is 0.497 e. The molecule has 0 aromatic heterocycles. The molecule has 0 radical (unpaired) electrons. The number of hydrogen-bond donors (Lipinski definition) is 1. The van der Waals surface area contributed by atoms with E-state index in [1.807, 2.05) is 0 Å². The predicted molar refractivity (Wildman–Crippen MR) is 69.7 cm³/mol. The molecule has 1 N–H and O–H groups in total. The van der Waals surface area contributed by atoms with Crippen LogP contribution in [-0.4, -0.2) is 36.5 Å². The first kappa shape index (κ1) is 15.4. The Morgan fingerprint density at radius 3 is 2.25 bits per heavy atom. The van der Waals surface area contributed by atoms with Gasteiger partial charge in [0, 0.05) is 11.6 Å². The van der Waals surface area contributed by atoms with Gasteiger partial charge in [-0.15, -0.1) is 0 Å². The van der Waals surface area contributed by atoms with E-state index >= 15 is 0 Å². The van der Waals surface area contributed by atoms with E-state index in [1.54, 1.807) is 19.1 Å². The van der Waals surface area contributed by atoms with Crippen LogP contribution >= 0.6 is 0 Å². The zero-order valence-corrected chi connectivity index (χ0v) is 11.1. The van der Waals surface area contributed by atoms with Crippen molar-refractivity contribution in [1.82, 2.24) is 0 Å². The number of ether oxygens (including phenoxy) is 2. The molecule has 0 atom stereocenters. The second kappa shape index (κ2) is 7.08. The van der Waals surface area contributed by atoms with Crippen LogP contribution in [0.3, 0.4) is 0 Å². The highest BCUT2D eigenvalue weighted by molar-refractivity contribution is 6.19. The molecule has 106 valence electrons. The molecule has 1 aromatic rings. The third-order valence-corrected chi connectivity index (χ3v) is 2.38.